The number of benzene rings is 1. The Bertz CT molecular complexity index is 167. The molecule has 0 saturated heterocycles. The van der Waals surface area contributed by atoms with Crippen molar-refractivity contribution in [2.45, 2.75) is 9.79 Å². The van der Waals surface area contributed by atoms with Crippen LogP contribution in [0, 0.1) is 0 Å². The fourth-order valence-electron chi connectivity index (χ4n) is 0.464. The summed E-state index contributed by atoms with van der Waals surface area (Å²) >= 11 is 8.24. The van der Waals surface area contributed by atoms with Crippen LogP contribution in [-0.2, 0) is 19.5 Å². The van der Waals surface area contributed by atoms with Crippen molar-refractivity contribution in [1.82, 2.24) is 0 Å². The second-order valence-electron chi connectivity index (χ2n) is 1.49. The molecule has 0 aromatic heterocycles. The molecule has 0 aliphatic carbocycles. The third-order valence-electron chi connectivity index (χ3n) is 0.882. The van der Waals surface area contributed by atoms with Gasteiger partial charge >= 0.3 is 0 Å². The molecule has 1 aromatic rings. The van der Waals surface area contributed by atoms with Crippen molar-refractivity contribution in [2.75, 3.05) is 0 Å². The van der Waals surface area contributed by atoms with Gasteiger partial charge in [0.25, 0.3) is 0 Å². The van der Waals surface area contributed by atoms with Crippen LogP contribution in [0.15, 0.2) is 34.1 Å². The Kier molecular flexibility index (Phi) is 4.64. The Morgan fingerprint density at radius 3 is 1.44 bits per heavy atom. The smallest absolute Gasteiger partial charge is 0.0174 e. The average Bonchev–Trinajstić information content (AvgIpc) is 1.77. The van der Waals surface area contributed by atoms with Crippen LogP contribution in [0.3, 0.4) is 0 Å². The molecule has 0 amide bonds. The van der Waals surface area contributed by atoms with E-state index in [1.165, 1.54) is 0 Å². The largest absolute Gasteiger partial charge is 0.142 e. The normalized spacial score (nSPS) is 8.22. The van der Waals surface area contributed by atoms with Crippen molar-refractivity contribution < 1.29 is 19.5 Å². The molecule has 0 nitrogen and oxygen atoms in total. The summed E-state index contributed by atoms with van der Waals surface area (Å²) < 4.78 is 0. The maximum absolute atomic E-state index is 4.12. The van der Waals surface area contributed by atoms with Gasteiger partial charge in [0.1, 0.15) is 0 Å². The van der Waals surface area contributed by atoms with Crippen LogP contribution in [0.4, 0.5) is 0 Å². The van der Waals surface area contributed by atoms with E-state index in [-0.39, 0.29) is 19.5 Å². The first kappa shape index (κ1) is 9.54. The third-order valence-corrected chi connectivity index (χ3v) is 1.84. The number of hydrogen-bond acceptors (Lipinski definition) is 2. The summed E-state index contributed by atoms with van der Waals surface area (Å²) in [6.07, 6.45) is 0. The second-order valence-corrected chi connectivity index (χ2v) is 2.45. The summed E-state index contributed by atoms with van der Waals surface area (Å²) in [6, 6.07) is 7.68. The first-order valence-electron chi connectivity index (χ1n) is 2.27. The van der Waals surface area contributed by atoms with Gasteiger partial charge in [-0.3, -0.25) is 0 Å². The zero-order chi connectivity index (χ0) is 5.98. The number of hydrogen-bond donors (Lipinski definition) is 2. The van der Waals surface area contributed by atoms with Crippen molar-refractivity contribution in [3.63, 3.8) is 0 Å². The monoisotopic (exact) mass is 206 g/mol. The Hall–Kier alpha value is 0.543. The maximum Gasteiger partial charge on any atom is 0.0174 e. The van der Waals surface area contributed by atoms with Crippen LogP contribution < -0.4 is 0 Å². The standard InChI is InChI=1S/C6H6S2.Zn/c7-5-3-1-2-4-6(5)8;/h1-4,7-8H;. The number of rotatable bonds is 0. The molecule has 44 valence electrons. The summed E-state index contributed by atoms with van der Waals surface area (Å²) in [4.78, 5) is 1.85. The van der Waals surface area contributed by atoms with Crippen LogP contribution in [-0.4, -0.2) is 0 Å². The van der Waals surface area contributed by atoms with Gasteiger partial charge in [0.2, 0.25) is 0 Å². The van der Waals surface area contributed by atoms with E-state index in [9.17, 15) is 0 Å². The van der Waals surface area contributed by atoms with Crippen LogP contribution in [0.25, 0.3) is 0 Å². The Morgan fingerprint density at radius 1 is 0.889 bits per heavy atom. The molecule has 0 N–H and O–H groups in total. The van der Waals surface area contributed by atoms with Gasteiger partial charge in [-0.25, -0.2) is 0 Å². The molecular formula is C6H6S2Zn. The van der Waals surface area contributed by atoms with E-state index in [1.807, 2.05) is 24.3 Å². The summed E-state index contributed by atoms with van der Waals surface area (Å²) in [5.41, 5.74) is 0. The summed E-state index contributed by atoms with van der Waals surface area (Å²) in [7, 11) is 0. The minimum absolute atomic E-state index is 0. The molecule has 0 bridgehead atoms. The predicted octanol–water partition coefficient (Wildman–Crippen LogP) is 2.26. The molecule has 0 fully saturated rings. The average molecular weight is 208 g/mol. The van der Waals surface area contributed by atoms with E-state index < -0.39 is 0 Å². The van der Waals surface area contributed by atoms with E-state index in [4.69, 9.17) is 0 Å². The van der Waals surface area contributed by atoms with Crippen molar-refractivity contribution in [1.29, 1.82) is 0 Å². The van der Waals surface area contributed by atoms with E-state index >= 15 is 0 Å². The fraction of sp³-hybridized carbons (Fsp3) is 0. The van der Waals surface area contributed by atoms with E-state index in [0.717, 1.165) is 9.79 Å². The van der Waals surface area contributed by atoms with Crippen LogP contribution in [0.2, 0.25) is 0 Å². The quantitative estimate of drug-likeness (QED) is 0.473. The van der Waals surface area contributed by atoms with E-state index in [0.29, 0.717) is 0 Å². The van der Waals surface area contributed by atoms with Gasteiger partial charge < -0.3 is 0 Å². The first-order chi connectivity index (χ1) is 3.80. The van der Waals surface area contributed by atoms with E-state index in [1.54, 1.807) is 0 Å². The van der Waals surface area contributed by atoms with Crippen molar-refractivity contribution in [3.05, 3.63) is 24.3 Å². The predicted molar refractivity (Wildman–Crippen MR) is 40.9 cm³/mol. The summed E-state index contributed by atoms with van der Waals surface area (Å²) in [5.74, 6) is 0. The molecule has 0 unspecified atom stereocenters. The zero-order valence-electron chi connectivity index (χ0n) is 4.91. The fourth-order valence-corrected chi connectivity index (χ4v) is 0.785. The maximum atomic E-state index is 4.12. The Morgan fingerprint density at radius 2 is 1.22 bits per heavy atom. The molecule has 3 heteroatoms. The summed E-state index contributed by atoms with van der Waals surface area (Å²) in [5, 5.41) is 0. The molecule has 1 rings (SSSR count). The second kappa shape index (κ2) is 4.37. The molecule has 1 aromatic carbocycles. The molecule has 0 saturated carbocycles. The first-order valence-corrected chi connectivity index (χ1v) is 3.17. The van der Waals surface area contributed by atoms with Crippen molar-refractivity contribution >= 4 is 25.3 Å². The van der Waals surface area contributed by atoms with Crippen LogP contribution in [0.5, 0.6) is 0 Å². The molecule has 0 heterocycles. The van der Waals surface area contributed by atoms with Gasteiger partial charge in [0, 0.05) is 29.3 Å². The third kappa shape index (κ3) is 2.75. The minimum atomic E-state index is 0. The molecule has 0 spiro atoms. The van der Waals surface area contributed by atoms with Gasteiger partial charge in [-0.2, -0.15) is 0 Å². The van der Waals surface area contributed by atoms with Gasteiger partial charge in [0.05, 0.1) is 0 Å². The molecule has 0 aliphatic heterocycles. The van der Waals surface area contributed by atoms with Crippen molar-refractivity contribution in [3.8, 4) is 0 Å². The van der Waals surface area contributed by atoms with Crippen molar-refractivity contribution in [2.24, 2.45) is 0 Å². The molecule has 0 radical (unpaired) electrons. The van der Waals surface area contributed by atoms with Gasteiger partial charge in [-0.15, -0.1) is 25.3 Å². The Labute approximate surface area is 78.6 Å². The minimum Gasteiger partial charge on any atom is -0.142 e. The van der Waals surface area contributed by atoms with E-state index in [2.05, 4.69) is 25.3 Å². The summed E-state index contributed by atoms with van der Waals surface area (Å²) in [6.45, 7) is 0. The molecular weight excluding hydrogens is 202 g/mol. The zero-order valence-corrected chi connectivity index (χ0v) is 9.67. The van der Waals surface area contributed by atoms with Gasteiger partial charge in [-0.1, -0.05) is 12.1 Å². The topological polar surface area (TPSA) is 0 Å². The number of thiol groups is 2. The van der Waals surface area contributed by atoms with Gasteiger partial charge in [-0.05, 0) is 12.1 Å². The molecule has 9 heavy (non-hydrogen) atoms. The molecule has 0 aliphatic rings. The Balaban J connectivity index is 0.000000640. The SMILES string of the molecule is Sc1ccccc1S.[Zn]. The molecule has 0 atom stereocenters. The van der Waals surface area contributed by atoms with Crippen LogP contribution in [0.1, 0.15) is 0 Å². The van der Waals surface area contributed by atoms with Crippen LogP contribution >= 0.6 is 25.3 Å². The van der Waals surface area contributed by atoms with Gasteiger partial charge in [0.15, 0.2) is 0 Å².